The number of aliphatic carboxylic acids is 1. The monoisotopic (exact) mass is 458 g/mol. The van der Waals surface area contributed by atoms with E-state index < -0.39 is 41.8 Å². The minimum absolute atomic E-state index is 0.0791. The first-order valence-corrected chi connectivity index (χ1v) is 10.6. The summed E-state index contributed by atoms with van der Waals surface area (Å²) >= 11 is 1.21. The molecule has 5 atom stereocenters. The minimum atomic E-state index is -1.59. The number of carbonyl (C=O) groups excluding carboxylic acids is 2. The van der Waals surface area contributed by atoms with Crippen LogP contribution >= 0.6 is 11.8 Å². The Morgan fingerprint density at radius 1 is 1.03 bits per heavy atom. The molecule has 1 saturated heterocycles. The molecule has 0 aliphatic carbocycles. The van der Waals surface area contributed by atoms with Gasteiger partial charge in [-0.15, -0.1) is 6.58 Å². The van der Waals surface area contributed by atoms with Crippen LogP contribution in [0.3, 0.4) is 0 Å². The van der Waals surface area contributed by atoms with Crippen molar-refractivity contribution in [3.05, 3.63) is 78.9 Å². The van der Waals surface area contributed by atoms with E-state index in [2.05, 4.69) is 6.58 Å². The van der Waals surface area contributed by atoms with Crippen LogP contribution in [0.4, 0.5) is 0 Å². The number of ether oxygens (including phenoxy) is 4. The first-order valence-electron chi connectivity index (χ1n) is 9.72. The van der Waals surface area contributed by atoms with E-state index >= 15 is 0 Å². The predicted octanol–water partition coefficient (Wildman–Crippen LogP) is 2.93. The molecule has 1 aliphatic rings. The number of carboxylic acid groups (broad SMARTS) is 1. The van der Waals surface area contributed by atoms with E-state index in [1.165, 1.54) is 30.0 Å². The van der Waals surface area contributed by atoms with Crippen LogP contribution in [0.25, 0.3) is 0 Å². The lowest BCUT2D eigenvalue weighted by molar-refractivity contribution is -0.223. The van der Waals surface area contributed by atoms with Crippen molar-refractivity contribution < 1.29 is 38.4 Å². The first-order chi connectivity index (χ1) is 15.5. The number of hydrogen-bond acceptors (Lipinski definition) is 8. The van der Waals surface area contributed by atoms with Crippen molar-refractivity contribution in [1.82, 2.24) is 0 Å². The summed E-state index contributed by atoms with van der Waals surface area (Å²) in [4.78, 5) is 36.8. The summed E-state index contributed by atoms with van der Waals surface area (Å²) < 4.78 is 22.3. The molecule has 0 spiro atoms. The number of esters is 1. The van der Waals surface area contributed by atoms with Crippen molar-refractivity contribution in [2.75, 3.05) is 6.61 Å². The quantitative estimate of drug-likeness (QED) is 0.327. The Morgan fingerprint density at radius 2 is 1.69 bits per heavy atom. The predicted molar refractivity (Wildman–Crippen MR) is 115 cm³/mol. The molecular weight excluding hydrogens is 436 g/mol. The molecule has 1 N–H and O–H groups in total. The summed E-state index contributed by atoms with van der Waals surface area (Å²) in [7, 11) is 0. The van der Waals surface area contributed by atoms with Gasteiger partial charge in [0, 0.05) is 4.90 Å². The van der Waals surface area contributed by atoms with Gasteiger partial charge < -0.3 is 24.1 Å². The summed E-state index contributed by atoms with van der Waals surface area (Å²) in [5.74, 6) is -2.14. The Hall–Kier alpha value is -3.14. The second-order valence-electron chi connectivity index (χ2n) is 6.71. The van der Waals surface area contributed by atoms with Crippen LogP contribution in [0.5, 0.6) is 0 Å². The summed E-state index contributed by atoms with van der Waals surface area (Å²) in [6, 6.07) is 17.2. The van der Waals surface area contributed by atoms with E-state index in [1.807, 2.05) is 30.3 Å². The van der Waals surface area contributed by atoms with Gasteiger partial charge >= 0.3 is 11.9 Å². The lowest BCUT2D eigenvalue weighted by Crippen LogP contribution is -2.61. The standard InChI is InChI=1S/C23H22O8S/c1-2-13-28-20-17(29-14-24)18(30-22(27)15-9-5-3-6-10-15)19(21(25)26)31-23(20)32-16-11-7-4-8-12-16/h2-12,14,17-20,23H,1,13H2,(H,25,26)/t17-,18-,19-,20+,23?/m0/s1. The molecule has 9 heteroatoms. The summed E-state index contributed by atoms with van der Waals surface area (Å²) in [5, 5.41) is 9.80. The third-order valence-corrected chi connectivity index (χ3v) is 5.76. The fourth-order valence-electron chi connectivity index (χ4n) is 3.21. The normalized spacial score (nSPS) is 24.8. The second kappa shape index (κ2) is 11.5. The van der Waals surface area contributed by atoms with Gasteiger partial charge in [-0.1, -0.05) is 54.2 Å². The first kappa shape index (κ1) is 23.5. The number of rotatable bonds is 10. The Kier molecular flexibility index (Phi) is 8.43. The molecule has 1 fully saturated rings. The number of thioether (sulfide) groups is 1. The zero-order valence-corrected chi connectivity index (χ0v) is 17.8. The van der Waals surface area contributed by atoms with Crippen molar-refractivity contribution >= 4 is 30.2 Å². The van der Waals surface area contributed by atoms with Gasteiger partial charge in [0.2, 0.25) is 0 Å². The molecule has 3 rings (SSSR count). The molecule has 0 amide bonds. The lowest BCUT2D eigenvalue weighted by atomic mass is 9.99. The third-order valence-electron chi connectivity index (χ3n) is 4.61. The van der Waals surface area contributed by atoms with Crippen molar-refractivity contribution in [1.29, 1.82) is 0 Å². The number of benzene rings is 2. The molecule has 2 aromatic rings. The van der Waals surface area contributed by atoms with Gasteiger partial charge in [0.15, 0.2) is 18.3 Å². The van der Waals surface area contributed by atoms with Gasteiger partial charge in [0.25, 0.3) is 6.47 Å². The lowest BCUT2D eigenvalue weighted by Gasteiger charge is -2.43. The van der Waals surface area contributed by atoms with E-state index in [0.29, 0.717) is 0 Å². The van der Waals surface area contributed by atoms with Gasteiger partial charge in [0.1, 0.15) is 11.5 Å². The molecule has 1 unspecified atom stereocenters. The van der Waals surface area contributed by atoms with Crippen LogP contribution in [0, 0.1) is 0 Å². The highest BCUT2D eigenvalue weighted by molar-refractivity contribution is 7.99. The van der Waals surface area contributed by atoms with Crippen LogP contribution in [-0.4, -0.2) is 60.0 Å². The van der Waals surface area contributed by atoms with Crippen LogP contribution < -0.4 is 0 Å². The molecule has 1 heterocycles. The molecule has 8 nitrogen and oxygen atoms in total. The Bertz CT molecular complexity index is 920. The average molecular weight is 458 g/mol. The number of carboxylic acids is 1. The van der Waals surface area contributed by atoms with E-state index in [-0.39, 0.29) is 18.6 Å². The Morgan fingerprint density at radius 3 is 2.28 bits per heavy atom. The molecule has 1 aliphatic heterocycles. The smallest absolute Gasteiger partial charge is 0.338 e. The fraction of sp³-hybridized carbons (Fsp3) is 0.261. The van der Waals surface area contributed by atoms with E-state index in [9.17, 15) is 19.5 Å². The van der Waals surface area contributed by atoms with Gasteiger partial charge in [0.05, 0.1) is 12.2 Å². The Labute approximate surface area is 189 Å². The highest BCUT2D eigenvalue weighted by Gasteiger charge is 2.53. The van der Waals surface area contributed by atoms with Gasteiger partial charge in [-0.3, -0.25) is 4.79 Å². The molecule has 0 radical (unpaired) electrons. The van der Waals surface area contributed by atoms with Crippen molar-refractivity contribution in [3.8, 4) is 0 Å². The van der Waals surface area contributed by atoms with E-state index in [0.717, 1.165) is 4.90 Å². The van der Waals surface area contributed by atoms with Crippen LogP contribution in [-0.2, 0) is 28.5 Å². The van der Waals surface area contributed by atoms with Crippen molar-refractivity contribution in [3.63, 3.8) is 0 Å². The highest BCUT2D eigenvalue weighted by Crippen LogP contribution is 2.37. The fourth-order valence-corrected chi connectivity index (χ4v) is 4.33. The minimum Gasteiger partial charge on any atom is -0.479 e. The zero-order valence-electron chi connectivity index (χ0n) is 16.9. The average Bonchev–Trinajstić information content (AvgIpc) is 2.81. The molecule has 2 aromatic carbocycles. The molecule has 168 valence electrons. The number of carbonyl (C=O) groups is 3. The van der Waals surface area contributed by atoms with Crippen molar-refractivity contribution in [2.45, 2.75) is 34.7 Å². The van der Waals surface area contributed by atoms with E-state index in [1.54, 1.807) is 18.2 Å². The maximum atomic E-state index is 12.6. The summed E-state index contributed by atoms with van der Waals surface area (Å²) in [5.41, 5.74) is -0.652. The largest absolute Gasteiger partial charge is 0.479 e. The molecule has 32 heavy (non-hydrogen) atoms. The Balaban J connectivity index is 1.93. The number of hydrogen-bond donors (Lipinski definition) is 1. The van der Waals surface area contributed by atoms with Crippen LogP contribution in [0.15, 0.2) is 78.2 Å². The molecular formula is C23H22O8S. The maximum absolute atomic E-state index is 12.6. The second-order valence-corrected chi connectivity index (χ2v) is 7.89. The summed E-state index contributed by atoms with van der Waals surface area (Å²) in [6.07, 6.45) is -3.69. The SMILES string of the molecule is C=CCO[C@H]1C(Sc2ccccc2)O[C@H](C(=O)O)[C@@H](OC(=O)c2ccccc2)[C@@H]1OC=O. The topological polar surface area (TPSA) is 108 Å². The maximum Gasteiger partial charge on any atom is 0.338 e. The zero-order chi connectivity index (χ0) is 22.9. The third kappa shape index (κ3) is 5.76. The highest BCUT2D eigenvalue weighted by atomic mass is 32.2. The van der Waals surface area contributed by atoms with Crippen LogP contribution in [0.1, 0.15) is 10.4 Å². The van der Waals surface area contributed by atoms with Gasteiger partial charge in [-0.25, -0.2) is 9.59 Å². The van der Waals surface area contributed by atoms with Crippen LogP contribution in [0.2, 0.25) is 0 Å². The van der Waals surface area contributed by atoms with Crippen molar-refractivity contribution in [2.24, 2.45) is 0 Å². The molecule has 0 aromatic heterocycles. The van der Waals surface area contributed by atoms with E-state index in [4.69, 9.17) is 18.9 Å². The summed E-state index contributed by atoms with van der Waals surface area (Å²) in [6.45, 7) is 3.87. The van der Waals surface area contributed by atoms with Gasteiger partial charge in [-0.2, -0.15) is 0 Å². The van der Waals surface area contributed by atoms with Gasteiger partial charge in [-0.05, 0) is 24.3 Å². The molecule has 0 bridgehead atoms. The molecule has 0 saturated carbocycles.